The topological polar surface area (TPSA) is 32.3 Å². The van der Waals surface area contributed by atoms with Gasteiger partial charge in [0.1, 0.15) is 0 Å². The number of piperidine rings is 1. The predicted molar refractivity (Wildman–Crippen MR) is 83.1 cm³/mol. The van der Waals surface area contributed by atoms with Crippen molar-refractivity contribution in [3.63, 3.8) is 0 Å². The largest absolute Gasteiger partial charge is 0.339 e. The molecule has 0 saturated carbocycles. The Morgan fingerprint density at radius 2 is 2.00 bits per heavy atom. The van der Waals surface area contributed by atoms with Gasteiger partial charge in [-0.2, -0.15) is 0 Å². The molecule has 0 aromatic heterocycles. The lowest BCUT2D eigenvalue weighted by Crippen LogP contribution is -2.45. The van der Waals surface area contributed by atoms with Crippen LogP contribution in [0.4, 0.5) is 0 Å². The number of benzene rings is 1. The van der Waals surface area contributed by atoms with E-state index < -0.39 is 0 Å². The molecule has 1 aromatic carbocycles. The summed E-state index contributed by atoms with van der Waals surface area (Å²) in [4.78, 5) is 14.6. The van der Waals surface area contributed by atoms with E-state index in [2.05, 4.69) is 25.2 Å². The van der Waals surface area contributed by atoms with Crippen LogP contribution in [0.25, 0.3) is 0 Å². The second kappa shape index (κ2) is 6.89. The van der Waals surface area contributed by atoms with Crippen molar-refractivity contribution >= 4 is 5.91 Å². The second-order valence-corrected chi connectivity index (χ2v) is 5.84. The summed E-state index contributed by atoms with van der Waals surface area (Å²) in [5.74, 6) is 0.191. The highest BCUT2D eigenvalue weighted by atomic mass is 16.2. The van der Waals surface area contributed by atoms with Crippen molar-refractivity contribution in [2.75, 3.05) is 19.6 Å². The molecule has 0 atom stereocenters. The summed E-state index contributed by atoms with van der Waals surface area (Å²) >= 11 is 0. The molecular formula is C17H26N2O. The van der Waals surface area contributed by atoms with E-state index in [9.17, 15) is 4.79 Å². The maximum absolute atomic E-state index is 12.6. The van der Waals surface area contributed by atoms with Crippen molar-refractivity contribution in [1.82, 2.24) is 10.2 Å². The third-order valence-corrected chi connectivity index (χ3v) is 4.08. The zero-order chi connectivity index (χ0) is 14.5. The third-order valence-electron chi connectivity index (χ3n) is 4.08. The van der Waals surface area contributed by atoms with Crippen LogP contribution in [0.15, 0.2) is 18.2 Å². The number of aryl methyl sites for hydroxylation is 2. The third kappa shape index (κ3) is 3.60. The first-order valence-corrected chi connectivity index (χ1v) is 7.71. The van der Waals surface area contributed by atoms with Crippen molar-refractivity contribution in [3.05, 3.63) is 34.9 Å². The molecule has 0 bridgehead atoms. The van der Waals surface area contributed by atoms with E-state index in [1.165, 1.54) is 12.0 Å². The van der Waals surface area contributed by atoms with Gasteiger partial charge in [-0.1, -0.05) is 24.6 Å². The van der Waals surface area contributed by atoms with Gasteiger partial charge in [-0.25, -0.2) is 0 Å². The van der Waals surface area contributed by atoms with Gasteiger partial charge in [0, 0.05) is 24.7 Å². The zero-order valence-corrected chi connectivity index (χ0v) is 12.9. The van der Waals surface area contributed by atoms with Gasteiger partial charge in [0.25, 0.3) is 5.91 Å². The van der Waals surface area contributed by atoms with E-state index in [1.807, 2.05) is 24.0 Å². The van der Waals surface area contributed by atoms with E-state index in [4.69, 9.17) is 0 Å². The molecule has 1 aromatic rings. The molecule has 1 saturated heterocycles. The van der Waals surface area contributed by atoms with Crippen LogP contribution in [0.3, 0.4) is 0 Å². The van der Waals surface area contributed by atoms with Gasteiger partial charge in [-0.3, -0.25) is 4.79 Å². The number of likely N-dealkylation sites (tertiary alicyclic amines) is 1. The Kier molecular flexibility index (Phi) is 5.18. The summed E-state index contributed by atoms with van der Waals surface area (Å²) in [6.45, 7) is 9.09. The molecule has 2 rings (SSSR count). The number of carbonyl (C=O) groups is 1. The smallest absolute Gasteiger partial charge is 0.254 e. The highest BCUT2D eigenvalue weighted by molar-refractivity contribution is 5.95. The van der Waals surface area contributed by atoms with Crippen molar-refractivity contribution in [1.29, 1.82) is 0 Å². The molecule has 110 valence electrons. The fourth-order valence-electron chi connectivity index (χ4n) is 2.86. The Balaban J connectivity index is 1.94. The van der Waals surface area contributed by atoms with Crippen LogP contribution in [0.1, 0.15) is 47.7 Å². The highest BCUT2D eigenvalue weighted by Gasteiger charge is 2.23. The average Bonchev–Trinajstić information content (AvgIpc) is 2.45. The van der Waals surface area contributed by atoms with Crippen LogP contribution in [0, 0.1) is 13.8 Å². The molecular weight excluding hydrogens is 248 g/mol. The Morgan fingerprint density at radius 3 is 2.60 bits per heavy atom. The van der Waals surface area contributed by atoms with Crippen LogP contribution in [0.5, 0.6) is 0 Å². The van der Waals surface area contributed by atoms with Crippen LogP contribution in [-0.2, 0) is 0 Å². The minimum Gasteiger partial charge on any atom is -0.339 e. The van der Waals surface area contributed by atoms with Crippen molar-refractivity contribution in [3.8, 4) is 0 Å². The Labute approximate surface area is 122 Å². The van der Waals surface area contributed by atoms with Gasteiger partial charge in [0.05, 0.1) is 0 Å². The number of hydrogen-bond acceptors (Lipinski definition) is 2. The van der Waals surface area contributed by atoms with Crippen LogP contribution in [-0.4, -0.2) is 36.5 Å². The van der Waals surface area contributed by atoms with Crippen LogP contribution >= 0.6 is 0 Å². The first-order valence-electron chi connectivity index (χ1n) is 7.71. The lowest BCUT2D eigenvalue weighted by atomic mass is 10.0. The van der Waals surface area contributed by atoms with E-state index in [-0.39, 0.29) is 5.91 Å². The van der Waals surface area contributed by atoms with Gasteiger partial charge >= 0.3 is 0 Å². The monoisotopic (exact) mass is 274 g/mol. The van der Waals surface area contributed by atoms with E-state index in [0.29, 0.717) is 6.04 Å². The summed E-state index contributed by atoms with van der Waals surface area (Å²) in [6.07, 6.45) is 3.30. The number of rotatable bonds is 4. The maximum Gasteiger partial charge on any atom is 0.254 e. The predicted octanol–water partition coefficient (Wildman–Crippen LogP) is 2.91. The molecule has 3 nitrogen and oxygen atoms in total. The molecule has 1 amide bonds. The van der Waals surface area contributed by atoms with E-state index >= 15 is 0 Å². The number of hydrogen-bond donors (Lipinski definition) is 1. The SMILES string of the molecule is CCCNC1CCN(C(=O)c2ccc(C)cc2C)CC1. The summed E-state index contributed by atoms with van der Waals surface area (Å²) in [5, 5.41) is 3.55. The molecule has 0 aliphatic carbocycles. The summed E-state index contributed by atoms with van der Waals surface area (Å²) < 4.78 is 0. The first-order chi connectivity index (χ1) is 9.61. The number of amides is 1. The van der Waals surface area contributed by atoms with Gasteiger partial charge in [0.15, 0.2) is 0 Å². The Bertz CT molecular complexity index is 462. The first kappa shape index (κ1) is 15.0. The second-order valence-electron chi connectivity index (χ2n) is 5.84. The molecule has 1 N–H and O–H groups in total. The van der Waals surface area contributed by atoms with Crippen molar-refractivity contribution < 1.29 is 4.79 Å². The normalized spacial score (nSPS) is 16.4. The Morgan fingerprint density at radius 1 is 1.30 bits per heavy atom. The van der Waals surface area contributed by atoms with Crippen molar-refractivity contribution in [2.45, 2.75) is 46.1 Å². The molecule has 1 fully saturated rings. The Hall–Kier alpha value is -1.35. The lowest BCUT2D eigenvalue weighted by molar-refractivity contribution is 0.0704. The molecule has 1 aliphatic heterocycles. The molecule has 0 unspecified atom stereocenters. The average molecular weight is 274 g/mol. The van der Waals surface area contributed by atoms with Gasteiger partial charge in [0.2, 0.25) is 0 Å². The zero-order valence-electron chi connectivity index (χ0n) is 12.9. The maximum atomic E-state index is 12.6. The van der Waals surface area contributed by atoms with E-state index in [0.717, 1.165) is 43.6 Å². The summed E-state index contributed by atoms with van der Waals surface area (Å²) in [5.41, 5.74) is 3.15. The lowest BCUT2D eigenvalue weighted by Gasteiger charge is -2.33. The van der Waals surface area contributed by atoms with E-state index in [1.54, 1.807) is 0 Å². The number of carbonyl (C=O) groups excluding carboxylic acids is 1. The molecule has 1 heterocycles. The van der Waals surface area contributed by atoms with Gasteiger partial charge in [-0.15, -0.1) is 0 Å². The van der Waals surface area contributed by atoms with Crippen molar-refractivity contribution in [2.24, 2.45) is 0 Å². The summed E-state index contributed by atoms with van der Waals surface area (Å²) in [7, 11) is 0. The van der Waals surface area contributed by atoms with Gasteiger partial charge in [-0.05, 0) is 51.3 Å². The summed E-state index contributed by atoms with van der Waals surface area (Å²) in [6, 6.07) is 6.66. The molecule has 0 radical (unpaired) electrons. The highest BCUT2D eigenvalue weighted by Crippen LogP contribution is 2.17. The fraction of sp³-hybridized carbons (Fsp3) is 0.588. The minimum absolute atomic E-state index is 0.191. The van der Waals surface area contributed by atoms with Crippen LogP contribution in [0.2, 0.25) is 0 Å². The molecule has 1 aliphatic rings. The van der Waals surface area contributed by atoms with Crippen LogP contribution < -0.4 is 5.32 Å². The fourth-order valence-corrected chi connectivity index (χ4v) is 2.86. The molecule has 0 spiro atoms. The quantitative estimate of drug-likeness (QED) is 0.915. The van der Waals surface area contributed by atoms with Gasteiger partial charge < -0.3 is 10.2 Å². The number of nitrogens with zero attached hydrogens (tertiary/aromatic N) is 1. The minimum atomic E-state index is 0.191. The standard InChI is InChI=1S/C17H26N2O/c1-4-9-18-15-7-10-19(11-8-15)17(20)16-6-5-13(2)12-14(16)3/h5-6,12,15,18H,4,7-11H2,1-3H3. The molecule has 20 heavy (non-hydrogen) atoms. The molecule has 3 heteroatoms. The number of nitrogens with one attached hydrogen (secondary N) is 1.